The van der Waals surface area contributed by atoms with E-state index >= 15 is 0 Å². The van der Waals surface area contributed by atoms with E-state index < -0.39 is 0 Å². The fourth-order valence-corrected chi connectivity index (χ4v) is 3.12. The molecular formula is C18H24O2. The van der Waals surface area contributed by atoms with Gasteiger partial charge in [0, 0.05) is 7.11 Å². The molecule has 0 spiro atoms. The molecule has 1 aromatic rings. The molecule has 0 aliphatic heterocycles. The first-order chi connectivity index (χ1) is 9.73. The lowest BCUT2D eigenvalue weighted by Crippen LogP contribution is -2.33. The summed E-state index contributed by atoms with van der Waals surface area (Å²) in [7, 11) is 1.74. The van der Waals surface area contributed by atoms with E-state index in [1.807, 2.05) is 6.08 Å². The van der Waals surface area contributed by atoms with Gasteiger partial charge in [-0.15, -0.1) is 0 Å². The van der Waals surface area contributed by atoms with Crippen LogP contribution in [0.15, 0.2) is 36.4 Å². The minimum Gasteiger partial charge on any atom is -0.374 e. The molecule has 2 nitrogen and oxygen atoms in total. The minimum absolute atomic E-state index is 0.235. The number of hydrogen-bond donors (Lipinski definition) is 0. The highest BCUT2D eigenvalue weighted by molar-refractivity contribution is 5.65. The second-order valence-corrected chi connectivity index (χ2v) is 5.63. The first kappa shape index (κ1) is 15.0. The zero-order chi connectivity index (χ0) is 14.4. The number of carbonyl (C=O) groups is 1. The molecule has 0 radical (unpaired) electrons. The van der Waals surface area contributed by atoms with Crippen molar-refractivity contribution >= 4 is 6.29 Å². The van der Waals surface area contributed by atoms with E-state index in [1.165, 1.54) is 11.1 Å². The molecule has 1 aliphatic rings. The van der Waals surface area contributed by atoms with Crippen molar-refractivity contribution in [3.05, 3.63) is 47.5 Å². The summed E-state index contributed by atoms with van der Waals surface area (Å²) in [4.78, 5) is 10.5. The zero-order valence-electron chi connectivity index (χ0n) is 12.5. The molecule has 0 aromatic heterocycles. The van der Waals surface area contributed by atoms with E-state index in [0.717, 1.165) is 38.4 Å². The van der Waals surface area contributed by atoms with Crippen LogP contribution in [0.1, 0.15) is 49.7 Å². The SMILES string of the molecule is CCc1ccc(C2CCC(C=CC=O)(OC)CC2)cc1. The number of aryl methyl sites for hydroxylation is 1. The molecule has 0 N–H and O–H groups in total. The highest BCUT2D eigenvalue weighted by atomic mass is 16.5. The van der Waals surface area contributed by atoms with E-state index in [9.17, 15) is 4.79 Å². The zero-order valence-corrected chi connectivity index (χ0v) is 12.5. The number of allylic oxidation sites excluding steroid dienone is 1. The summed E-state index contributed by atoms with van der Waals surface area (Å²) in [6.45, 7) is 2.18. The lowest BCUT2D eigenvalue weighted by molar-refractivity contribution is -0.104. The molecule has 1 aliphatic carbocycles. The first-order valence-corrected chi connectivity index (χ1v) is 7.50. The molecule has 2 rings (SSSR count). The van der Waals surface area contributed by atoms with Crippen LogP contribution < -0.4 is 0 Å². The molecule has 0 atom stereocenters. The van der Waals surface area contributed by atoms with E-state index in [0.29, 0.717) is 5.92 Å². The van der Waals surface area contributed by atoms with Gasteiger partial charge < -0.3 is 4.74 Å². The second-order valence-electron chi connectivity index (χ2n) is 5.63. The molecule has 0 amide bonds. The second kappa shape index (κ2) is 6.85. The van der Waals surface area contributed by atoms with Gasteiger partial charge in [0.1, 0.15) is 6.29 Å². The Morgan fingerprint density at radius 1 is 1.25 bits per heavy atom. The van der Waals surface area contributed by atoms with Crippen molar-refractivity contribution in [2.75, 3.05) is 7.11 Å². The first-order valence-electron chi connectivity index (χ1n) is 7.50. The summed E-state index contributed by atoms with van der Waals surface area (Å²) in [6, 6.07) is 9.01. The van der Waals surface area contributed by atoms with Crippen molar-refractivity contribution in [1.29, 1.82) is 0 Å². The molecule has 20 heavy (non-hydrogen) atoms. The standard InChI is InChI=1S/C18H24O2/c1-3-15-5-7-16(8-6-15)17-9-12-18(20-2,13-10-17)11-4-14-19/h4-8,11,14,17H,3,9-10,12-13H2,1-2H3. The number of ether oxygens (including phenoxy) is 1. The number of methoxy groups -OCH3 is 1. The van der Waals surface area contributed by atoms with Gasteiger partial charge in [-0.1, -0.05) is 31.2 Å². The van der Waals surface area contributed by atoms with Crippen LogP contribution in [0.25, 0.3) is 0 Å². The third kappa shape index (κ3) is 3.37. The van der Waals surface area contributed by atoms with Gasteiger partial charge in [-0.05, 0) is 61.3 Å². The normalized spacial score (nSPS) is 26.8. The van der Waals surface area contributed by atoms with Crippen molar-refractivity contribution in [3.8, 4) is 0 Å². The average molecular weight is 272 g/mol. The van der Waals surface area contributed by atoms with Crippen LogP contribution in [0, 0.1) is 0 Å². The number of aldehydes is 1. The molecule has 1 fully saturated rings. The van der Waals surface area contributed by atoms with Crippen molar-refractivity contribution in [2.45, 2.75) is 50.5 Å². The van der Waals surface area contributed by atoms with Crippen molar-refractivity contribution < 1.29 is 9.53 Å². The van der Waals surface area contributed by atoms with Gasteiger partial charge in [-0.2, -0.15) is 0 Å². The smallest absolute Gasteiger partial charge is 0.142 e. The Labute approximate surface area is 121 Å². The summed E-state index contributed by atoms with van der Waals surface area (Å²) < 4.78 is 5.66. The summed E-state index contributed by atoms with van der Waals surface area (Å²) in [5, 5.41) is 0. The summed E-state index contributed by atoms with van der Waals surface area (Å²) in [5.74, 6) is 0.619. The van der Waals surface area contributed by atoms with Crippen LogP contribution in [-0.4, -0.2) is 19.0 Å². The average Bonchev–Trinajstić information content (AvgIpc) is 2.53. The van der Waals surface area contributed by atoms with Gasteiger partial charge in [0.05, 0.1) is 5.60 Å². The van der Waals surface area contributed by atoms with Crippen molar-refractivity contribution in [2.24, 2.45) is 0 Å². The molecule has 1 saturated carbocycles. The largest absolute Gasteiger partial charge is 0.374 e. The minimum atomic E-state index is -0.235. The Kier molecular flexibility index (Phi) is 5.13. The topological polar surface area (TPSA) is 26.3 Å². The molecular weight excluding hydrogens is 248 g/mol. The molecule has 108 valence electrons. The van der Waals surface area contributed by atoms with Gasteiger partial charge in [0.2, 0.25) is 0 Å². The fourth-order valence-electron chi connectivity index (χ4n) is 3.12. The van der Waals surface area contributed by atoms with Crippen LogP contribution in [0.5, 0.6) is 0 Å². The molecule has 0 bridgehead atoms. The maximum atomic E-state index is 10.5. The Morgan fingerprint density at radius 3 is 2.40 bits per heavy atom. The Hall–Kier alpha value is -1.41. The highest BCUT2D eigenvalue weighted by Crippen LogP contribution is 2.40. The molecule has 0 heterocycles. The van der Waals surface area contributed by atoms with Gasteiger partial charge in [-0.3, -0.25) is 4.79 Å². The predicted octanol–water partition coefficient (Wildman–Crippen LogP) is 4.05. The summed E-state index contributed by atoms with van der Waals surface area (Å²) >= 11 is 0. The summed E-state index contributed by atoms with van der Waals surface area (Å²) in [6.07, 6.45) is 9.61. The molecule has 0 saturated heterocycles. The van der Waals surface area contributed by atoms with Gasteiger partial charge in [0.25, 0.3) is 0 Å². The molecule has 2 heteroatoms. The summed E-state index contributed by atoms with van der Waals surface area (Å²) in [5.41, 5.74) is 2.59. The van der Waals surface area contributed by atoms with Gasteiger partial charge in [-0.25, -0.2) is 0 Å². The van der Waals surface area contributed by atoms with E-state index in [-0.39, 0.29) is 5.60 Å². The molecule has 1 aromatic carbocycles. The van der Waals surface area contributed by atoms with Crippen molar-refractivity contribution in [1.82, 2.24) is 0 Å². The quantitative estimate of drug-likeness (QED) is 0.597. The van der Waals surface area contributed by atoms with Crippen LogP contribution in [-0.2, 0) is 16.0 Å². The van der Waals surface area contributed by atoms with Crippen LogP contribution in [0.3, 0.4) is 0 Å². The predicted molar refractivity (Wildman–Crippen MR) is 82.0 cm³/mol. The number of carbonyl (C=O) groups excluding carboxylic acids is 1. The van der Waals surface area contributed by atoms with Crippen LogP contribution >= 0.6 is 0 Å². The van der Waals surface area contributed by atoms with Gasteiger partial charge >= 0.3 is 0 Å². The maximum Gasteiger partial charge on any atom is 0.142 e. The lowest BCUT2D eigenvalue weighted by atomic mass is 9.75. The monoisotopic (exact) mass is 272 g/mol. The van der Waals surface area contributed by atoms with Gasteiger partial charge in [0.15, 0.2) is 0 Å². The lowest BCUT2D eigenvalue weighted by Gasteiger charge is -2.37. The number of rotatable bonds is 5. The van der Waals surface area contributed by atoms with Crippen LogP contribution in [0.2, 0.25) is 0 Å². The number of hydrogen-bond acceptors (Lipinski definition) is 2. The van der Waals surface area contributed by atoms with Crippen molar-refractivity contribution in [3.63, 3.8) is 0 Å². The third-order valence-corrected chi connectivity index (χ3v) is 4.58. The van der Waals surface area contributed by atoms with E-state index in [2.05, 4.69) is 31.2 Å². The highest BCUT2D eigenvalue weighted by Gasteiger charge is 2.33. The number of benzene rings is 1. The Morgan fingerprint density at radius 2 is 1.90 bits per heavy atom. The Bertz CT molecular complexity index is 451. The molecule has 0 unspecified atom stereocenters. The Balaban J connectivity index is 2.02. The van der Waals surface area contributed by atoms with Crippen LogP contribution in [0.4, 0.5) is 0 Å². The van der Waals surface area contributed by atoms with E-state index in [4.69, 9.17) is 4.74 Å². The fraction of sp³-hybridized carbons (Fsp3) is 0.500. The third-order valence-electron chi connectivity index (χ3n) is 4.58. The maximum absolute atomic E-state index is 10.5. The van der Waals surface area contributed by atoms with E-state index in [1.54, 1.807) is 13.2 Å².